The molecule has 4 aromatic rings. The van der Waals surface area contributed by atoms with Crippen molar-refractivity contribution in [3.05, 3.63) is 60.0 Å². The number of carbonyl (C=O) groups excluding carboxylic acids is 1. The number of rotatable bonds is 6. The second kappa shape index (κ2) is 9.44. The Morgan fingerprint density at radius 1 is 1.03 bits per heavy atom. The largest absolute Gasteiger partial charge is 0.354 e. The molecule has 0 bridgehead atoms. The molecule has 0 atom stereocenters. The van der Waals surface area contributed by atoms with E-state index in [1.807, 2.05) is 49.5 Å². The molecule has 0 spiro atoms. The molecule has 1 saturated heterocycles. The monoisotopic (exact) mass is 473 g/mol. The summed E-state index contributed by atoms with van der Waals surface area (Å²) in [5, 5.41) is 10.6. The van der Waals surface area contributed by atoms with Crippen molar-refractivity contribution in [1.29, 1.82) is 0 Å². The fraction of sp³-hybridized carbons (Fsp3) is 0.320. The number of benzene rings is 1. The smallest absolute Gasteiger partial charge is 0.185 e. The van der Waals surface area contributed by atoms with Gasteiger partial charge in [-0.2, -0.15) is 10.2 Å². The van der Waals surface area contributed by atoms with E-state index in [-0.39, 0.29) is 12.2 Å². The van der Waals surface area contributed by atoms with Crippen LogP contribution < -0.4 is 9.80 Å². The maximum atomic E-state index is 13.1. The standard InChI is InChI=1S/C25H27N7OS/c1-30(2)25-27-16-23(34-25)18-4-5-21-19(12-18)13-20(28-29-21)15-22(33)17-6-7-26-24(14-17)32-10-8-31(3)9-11-32/h4-7,12-14,16H,8-11,15H2,1-3H3. The number of pyridine rings is 1. The van der Waals surface area contributed by atoms with Gasteiger partial charge >= 0.3 is 0 Å². The third-order valence-corrected chi connectivity index (χ3v) is 7.25. The molecule has 1 fully saturated rings. The van der Waals surface area contributed by atoms with Crippen LogP contribution in [0.4, 0.5) is 10.9 Å². The molecule has 34 heavy (non-hydrogen) atoms. The van der Waals surface area contributed by atoms with Crippen LogP contribution in [0.3, 0.4) is 0 Å². The van der Waals surface area contributed by atoms with Gasteiger partial charge in [-0.15, -0.1) is 0 Å². The number of ketones is 1. The summed E-state index contributed by atoms with van der Waals surface area (Å²) in [4.78, 5) is 29.6. The summed E-state index contributed by atoms with van der Waals surface area (Å²) >= 11 is 1.64. The molecule has 1 aromatic carbocycles. The summed E-state index contributed by atoms with van der Waals surface area (Å²) in [6.07, 6.45) is 3.81. The van der Waals surface area contributed by atoms with E-state index >= 15 is 0 Å². The minimum absolute atomic E-state index is 0.0145. The lowest BCUT2D eigenvalue weighted by Crippen LogP contribution is -2.44. The molecule has 0 aliphatic carbocycles. The molecule has 0 radical (unpaired) electrons. The Kier molecular flexibility index (Phi) is 6.21. The first kappa shape index (κ1) is 22.4. The summed E-state index contributed by atoms with van der Waals surface area (Å²) in [6.45, 7) is 3.81. The number of hydrogen-bond acceptors (Lipinski definition) is 9. The van der Waals surface area contributed by atoms with E-state index in [0.717, 1.165) is 58.5 Å². The molecule has 0 saturated carbocycles. The molecule has 0 N–H and O–H groups in total. The number of likely N-dealkylation sites (N-methyl/N-ethyl adjacent to an activating group) is 1. The van der Waals surface area contributed by atoms with Crippen LogP contribution >= 0.6 is 11.3 Å². The van der Waals surface area contributed by atoms with Crippen LogP contribution in [0.2, 0.25) is 0 Å². The second-order valence-electron chi connectivity index (χ2n) is 8.80. The minimum atomic E-state index is 0.0145. The van der Waals surface area contributed by atoms with Crippen molar-refractivity contribution in [2.75, 3.05) is 57.1 Å². The predicted molar refractivity (Wildman–Crippen MR) is 137 cm³/mol. The lowest BCUT2D eigenvalue weighted by Gasteiger charge is -2.33. The van der Waals surface area contributed by atoms with Gasteiger partial charge in [0.15, 0.2) is 10.9 Å². The zero-order chi connectivity index (χ0) is 23.7. The first-order valence-electron chi connectivity index (χ1n) is 11.3. The van der Waals surface area contributed by atoms with Crippen molar-refractivity contribution in [1.82, 2.24) is 25.1 Å². The van der Waals surface area contributed by atoms with Gasteiger partial charge in [0.25, 0.3) is 0 Å². The number of carbonyl (C=O) groups is 1. The zero-order valence-corrected chi connectivity index (χ0v) is 20.4. The van der Waals surface area contributed by atoms with Gasteiger partial charge < -0.3 is 14.7 Å². The lowest BCUT2D eigenvalue weighted by atomic mass is 10.1. The topological polar surface area (TPSA) is 78.4 Å². The van der Waals surface area contributed by atoms with Crippen molar-refractivity contribution in [2.45, 2.75) is 6.42 Å². The van der Waals surface area contributed by atoms with Gasteiger partial charge in [0.1, 0.15) is 5.82 Å². The summed E-state index contributed by atoms with van der Waals surface area (Å²) in [6, 6.07) is 11.7. The lowest BCUT2D eigenvalue weighted by molar-refractivity contribution is 0.0991. The van der Waals surface area contributed by atoms with Crippen molar-refractivity contribution in [3.63, 3.8) is 0 Å². The number of hydrogen-bond donors (Lipinski definition) is 0. The summed E-state index contributed by atoms with van der Waals surface area (Å²) in [7, 11) is 6.09. The van der Waals surface area contributed by atoms with E-state index in [0.29, 0.717) is 11.3 Å². The number of nitrogens with zero attached hydrogens (tertiary/aromatic N) is 7. The molecule has 174 valence electrons. The zero-order valence-electron chi connectivity index (χ0n) is 19.6. The Hall–Kier alpha value is -3.43. The van der Waals surface area contributed by atoms with E-state index in [1.54, 1.807) is 23.6 Å². The second-order valence-corrected chi connectivity index (χ2v) is 9.81. The summed E-state index contributed by atoms with van der Waals surface area (Å²) in [5.74, 6) is 0.871. The van der Waals surface area contributed by atoms with Crippen LogP contribution in [0.25, 0.3) is 21.3 Å². The number of fused-ring (bicyclic) bond motifs is 1. The minimum Gasteiger partial charge on any atom is -0.354 e. The molecule has 9 heteroatoms. The number of anilines is 2. The van der Waals surface area contributed by atoms with Gasteiger partial charge in [-0.1, -0.05) is 17.4 Å². The van der Waals surface area contributed by atoms with Gasteiger partial charge in [-0.25, -0.2) is 9.97 Å². The van der Waals surface area contributed by atoms with Crippen molar-refractivity contribution >= 4 is 39.0 Å². The van der Waals surface area contributed by atoms with Crippen molar-refractivity contribution in [3.8, 4) is 10.4 Å². The molecule has 4 heterocycles. The van der Waals surface area contributed by atoms with E-state index < -0.39 is 0 Å². The summed E-state index contributed by atoms with van der Waals surface area (Å²) in [5.41, 5.74) is 3.19. The average molecular weight is 474 g/mol. The predicted octanol–water partition coefficient (Wildman–Crippen LogP) is 3.39. The van der Waals surface area contributed by atoms with E-state index in [9.17, 15) is 4.79 Å². The molecule has 0 amide bonds. The van der Waals surface area contributed by atoms with E-state index in [2.05, 4.69) is 43.1 Å². The quantitative estimate of drug-likeness (QED) is 0.395. The molecule has 3 aromatic heterocycles. The average Bonchev–Trinajstić information content (AvgIpc) is 3.35. The highest BCUT2D eigenvalue weighted by atomic mass is 32.1. The van der Waals surface area contributed by atoms with Crippen molar-refractivity contribution in [2.24, 2.45) is 0 Å². The maximum Gasteiger partial charge on any atom is 0.185 e. The van der Waals surface area contributed by atoms with Gasteiger partial charge in [0, 0.05) is 63.6 Å². The van der Waals surface area contributed by atoms with Gasteiger partial charge in [-0.3, -0.25) is 4.79 Å². The third kappa shape index (κ3) is 4.76. The highest BCUT2D eigenvalue weighted by Crippen LogP contribution is 2.31. The number of Topliss-reactive ketones (excluding diaryl/α,β-unsaturated/α-hetero) is 1. The Labute approximate surface area is 202 Å². The highest BCUT2D eigenvalue weighted by molar-refractivity contribution is 7.18. The third-order valence-electron chi connectivity index (χ3n) is 6.03. The van der Waals surface area contributed by atoms with Crippen LogP contribution in [-0.2, 0) is 6.42 Å². The Bertz CT molecular complexity index is 1330. The molecule has 1 aliphatic rings. The van der Waals surface area contributed by atoms with Crippen LogP contribution in [0.5, 0.6) is 0 Å². The van der Waals surface area contributed by atoms with E-state index in [1.165, 1.54) is 0 Å². The number of piperazine rings is 1. The van der Waals surface area contributed by atoms with Crippen LogP contribution in [0, 0.1) is 0 Å². The Morgan fingerprint density at radius 3 is 2.62 bits per heavy atom. The molecular formula is C25H27N7OS. The van der Waals surface area contributed by atoms with Crippen LogP contribution in [0.1, 0.15) is 16.1 Å². The molecule has 1 aliphatic heterocycles. The first-order chi connectivity index (χ1) is 16.5. The highest BCUT2D eigenvalue weighted by Gasteiger charge is 2.17. The fourth-order valence-corrected chi connectivity index (χ4v) is 4.83. The van der Waals surface area contributed by atoms with E-state index in [4.69, 9.17) is 0 Å². The summed E-state index contributed by atoms with van der Waals surface area (Å²) < 4.78 is 0. The number of aromatic nitrogens is 4. The molecular weight excluding hydrogens is 446 g/mol. The van der Waals surface area contributed by atoms with Gasteiger partial charge in [-0.05, 0) is 42.9 Å². The first-order valence-corrected chi connectivity index (χ1v) is 12.1. The van der Waals surface area contributed by atoms with Gasteiger partial charge in [0.2, 0.25) is 0 Å². The van der Waals surface area contributed by atoms with Gasteiger partial charge in [0.05, 0.1) is 22.5 Å². The fourth-order valence-electron chi connectivity index (χ4n) is 4.00. The van der Waals surface area contributed by atoms with Crippen molar-refractivity contribution < 1.29 is 4.79 Å². The Morgan fingerprint density at radius 2 is 1.85 bits per heavy atom. The SMILES string of the molecule is CN1CCN(c2cc(C(=O)Cc3cc4cc(-c5cnc(N(C)C)s5)ccc4nn3)ccn2)CC1. The molecule has 5 rings (SSSR count). The normalized spacial score (nSPS) is 14.5. The molecule has 8 nitrogen and oxygen atoms in total. The van der Waals surface area contributed by atoms with Crippen LogP contribution in [-0.4, -0.2) is 78.2 Å². The van der Waals surface area contributed by atoms with Crippen LogP contribution in [0.15, 0.2) is 48.8 Å². The number of thiazole rings is 1. The maximum absolute atomic E-state index is 13.1. The Balaban J connectivity index is 1.35. The molecule has 0 unspecified atom stereocenters.